The maximum absolute atomic E-state index is 12.0. The molecule has 0 bridgehead atoms. The summed E-state index contributed by atoms with van der Waals surface area (Å²) >= 11 is 6.03. The van der Waals surface area contributed by atoms with Crippen molar-refractivity contribution in [3.63, 3.8) is 0 Å². The third-order valence-electron chi connectivity index (χ3n) is 3.13. The summed E-state index contributed by atoms with van der Waals surface area (Å²) in [5.41, 5.74) is 0.726. The van der Waals surface area contributed by atoms with Gasteiger partial charge in [0.1, 0.15) is 5.75 Å². The summed E-state index contributed by atoms with van der Waals surface area (Å²) in [5.74, 6) is 0.675. The van der Waals surface area contributed by atoms with Crippen molar-refractivity contribution >= 4 is 23.5 Å². The van der Waals surface area contributed by atoms with Gasteiger partial charge in [-0.1, -0.05) is 53.1 Å². The van der Waals surface area contributed by atoms with Gasteiger partial charge in [0.2, 0.25) is 5.91 Å². The topological polar surface area (TPSA) is 77.2 Å². The maximum atomic E-state index is 12.0. The van der Waals surface area contributed by atoms with Gasteiger partial charge in [0.25, 0.3) is 5.89 Å². The molecule has 6 nitrogen and oxygen atoms in total. The Bertz CT molecular complexity index is 821. The molecule has 0 aliphatic carbocycles. The largest absolute Gasteiger partial charge is 0.484 e. The van der Waals surface area contributed by atoms with Crippen molar-refractivity contribution < 1.29 is 13.9 Å². The van der Waals surface area contributed by atoms with E-state index in [2.05, 4.69) is 15.5 Å². The summed E-state index contributed by atoms with van der Waals surface area (Å²) in [7, 11) is 0. The Morgan fingerprint density at radius 2 is 1.83 bits per heavy atom. The van der Waals surface area contributed by atoms with Gasteiger partial charge in [0.15, 0.2) is 6.61 Å². The van der Waals surface area contributed by atoms with Crippen molar-refractivity contribution in [1.82, 2.24) is 10.2 Å². The fourth-order valence-corrected chi connectivity index (χ4v) is 2.20. The number of anilines is 1. The number of hydrogen-bond donors (Lipinski definition) is 1. The van der Waals surface area contributed by atoms with E-state index in [1.165, 1.54) is 0 Å². The van der Waals surface area contributed by atoms with Crippen LogP contribution >= 0.6 is 11.6 Å². The van der Waals surface area contributed by atoms with Crippen LogP contribution in [0.25, 0.3) is 0 Å². The fraction of sp³-hybridized carbons (Fsp3) is 0.118. The molecule has 2 aromatic carbocycles. The van der Waals surface area contributed by atoms with Crippen molar-refractivity contribution in [3.8, 4) is 5.75 Å². The number of halogens is 1. The molecule has 1 N–H and O–H groups in total. The first-order valence-electron chi connectivity index (χ1n) is 7.24. The molecule has 7 heteroatoms. The minimum Gasteiger partial charge on any atom is -0.484 e. The van der Waals surface area contributed by atoms with Crippen molar-refractivity contribution in [1.29, 1.82) is 0 Å². The number of rotatable bonds is 6. The molecule has 0 spiro atoms. The van der Waals surface area contributed by atoms with Crippen molar-refractivity contribution in [2.24, 2.45) is 0 Å². The number of benzene rings is 2. The molecule has 1 amide bonds. The van der Waals surface area contributed by atoms with Gasteiger partial charge in [-0.3, -0.25) is 10.1 Å². The molecule has 0 unspecified atom stereocenters. The summed E-state index contributed by atoms with van der Waals surface area (Å²) in [6.07, 6.45) is 0.123. The van der Waals surface area contributed by atoms with E-state index >= 15 is 0 Å². The van der Waals surface area contributed by atoms with Gasteiger partial charge in [-0.15, -0.1) is 5.10 Å². The van der Waals surface area contributed by atoms with Crippen LogP contribution in [0, 0.1) is 0 Å². The van der Waals surface area contributed by atoms with Gasteiger partial charge < -0.3 is 9.15 Å². The molecule has 1 aromatic heterocycles. The second kappa shape index (κ2) is 7.61. The standard InChI is InChI=1S/C17H14ClN3O3/c18-14-9-5-4-6-12(14)10-15(22)19-17-21-20-16(24-17)11-23-13-7-2-1-3-8-13/h1-9H,10-11H2,(H,19,21,22). The lowest BCUT2D eigenvalue weighted by Gasteiger charge is -2.03. The number of carbonyl (C=O) groups is 1. The van der Waals surface area contributed by atoms with E-state index in [9.17, 15) is 4.79 Å². The lowest BCUT2D eigenvalue weighted by molar-refractivity contribution is -0.115. The van der Waals surface area contributed by atoms with E-state index in [-0.39, 0.29) is 30.8 Å². The van der Waals surface area contributed by atoms with E-state index in [4.69, 9.17) is 20.8 Å². The third-order valence-corrected chi connectivity index (χ3v) is 3.50. The minimum atomic E-state index is -0.290. The van der Waals surface area contributed by atoms with Crippen molar-refractivity contribution in [2.75, 3.05) is 5.32 Å². The average molecular weight is 344 g/mol. The molecule has 3 rings (SSSR count). The highest BCUT2D eigenvalue weighted by atomic mass is 35.5. The minimum absolute atomic E-state index is 0.0266. The Labute approximate surface area is 143 Å². The summed E-state index contributed by atoms with van der Waals surface area (Å²) < 4.78 is 10.8. The second-order valence-electron chi connectivity index (χ2n) is 4.92. The maximum Gasteiger partial charge on any atom is 0.322 e. The molecule has 0 fully saturated rings. The van der Waals surface area contributed by atoms with Crippen LogP contribution in [0.1, 0.15) is 11.5 Å². The predicted molar refractivity (Wildman–Crippen MR) is 88.9 cm³/mol. The third kappa shape index (κ3) is 4.33. The summed E-state index contributed by atoms with van der Waals surface area (Å²) in [6.45, 7) is 0.122. The fourth-order valence-electron chi connectivity index (χ4n) is 2.00. The Morgan fingerprint density at radius 1 is 1.08 bits per heavy atom. The lowest BCUT2D eigenvalue weighted by Crippen LogP contribution is -2.14. The first-order chi connectivity index (χ1) is 11.7. The summed E-state index contributed by atoms with van der Waals surface area (Å²) in [6, 6.07) is 16.4. The van der Waals surface area contributed by atoms with Crippen LogP contribution in [0.4, 0.5) is 6.01 Å². The lowest BCUT2D eigenvalue weighted by atomic mass is 10.1. The first-order valence-corrected chi connectivity index (χ1v) is 7.62. The Kier molecular flexibility index (Phi) is 5.08. The van der Waals surface area contributed by atoms with Gasteiger partial charge in [0, 0.05) is 5.02 Å². The molecule has 0 aliphatic rings. The number of carbonyl (C=O) groups excluding carboxylic acids is 1. The van der Waals surface area contributed by atoms with Crippen LogP contribution in [0.2, 0.25) is 5.02 Å². The molecule has 122 valence electrons. The highest BCUT2D eigenvalue weighted by molar-refractivity contribution is 6.31. The molecule has 0 saturated carbocycles. The van der Waals surface area contributed by atoms with Crippen LogP contribution in [0.5, 0.6) is 5.75 Å². The molecule has 0 aliphatic heterocycles. The Hall–Kier alpha value is -2.86. The van der Waals surface area contributed by atoms with Gasteiger partial charge in [-0.25, -0.2) is 0 Å². The van der Waals surface area contributed by atoms with E-state index in [0.29, 0.717) is 10.8 Å². The van der Waals surface area contributed by atoms with E-state index < -0.39 is 0 Å². The van der Waals surface area contributed by atoms with Crippen LogP contribution in [0.15, 0.2) is 59.0 Å². The number of hydrogen-bond acceptors (Lipinski definition) is 5. The Morgan fingerprint density at radius 3 is 2.62 bits per heavy atom. The van der Waals surface area contributed by atoms with Crippen LogP contribution in [-0.4, -0.2) is 16.1 Å². The Balaban J connectivity index is 1.54. The van der Waals surface area contributed by atoms with Crippen molar-refractivity contribution in [2.45, 2.75) is 13.0 Å². The summed E-state index contributed by atoms with van der Waals surface area (Å²) in [4.78, 5) is 12.0. The van der Waals surface area contributed by atoms with Gasteiger partial charge in [0.05, 0.1) is 6.42 Å². The average Bonchev–Trinajstić information content (AvgIpc) is 3.03. The molecule has 1 heterocycles. The van der Waals surface area contributed by atoms with Crippen LogP contribution in [-0.2, 0) is 17.8 Å². The van der Waals surface area contributed by atoms with Crippen LogP contribution < -0.4 is 10.1 Å². The van der Waals surface area contributed by atoms with Gasteiger partial charge in [-0.2, -0.15) is 0 Å². The normalized spacial score (nSPS) is 10.4. The zero-order chi connectivity index (χ0) is 16.8. The molecular weight excluding hydrogens is 330 g/mol. The van der Waals surface area contributed by atoms with Crippen LogP contribution in [0.3, 0.4) is 0 Å². The number of amides is 1. The number of nitrogens with zero attached hydrogens (tertiary/aromatic N) is 2. The molecular formula is C17H14ClN3O3. The van der Waals surface area contributed by atoms with Gasteiger partial charge in [-0.05, 0) is 23.8 Å². The number of aromatic nitrogens is 2. The molecule has 3 aromatic rings. The molecule has 0 atom stereocenters. The molecule has 24 heavy (non-hydrogen) atoms. The first kappa shape index (κ1) is 16.0. The quantitative estimate of drug-likeness (QED) is 0.741. The number of ether oxygens (including phenoxy) is 1. The SMILES string of the molecule is O=C(Cc1ccccc1Cl)Nc1nnc(COc2ccccc2)o1. The summed E-state index contributed by atoms with van der Waals surface area (Å²) in [5, 5.41) is 10.7. The van der Waals surface area contributed by atoms with Gasteiger partial charge >= 0.3 is 6.01 Å². The zero-order valence-corrected chi connectivity index (χ0v) is 13.4. The van der Waals surface area contributed by atoms with E-state index in [1.807, 2.05) is 36.4 Å². The highest BCUT2D eigenvalue weighted by Gasteiger charge is 2.12. The monoisotopic (exact) mass is 343 g/mol. The highest BCUT2D eigenvalue weighted by Crippen LogP contribution is 2.16. The molecule has 0 saturated heterocycles. The predicted octanol–water partition coefficient (Wildman–Crippen LogP) is 3.48. The van der Waals surface area contributed by atoms with E-state index in [0.717, 1.165) is 5.56 Å². The number of nitrogens with one attached hydrogen (secondary N) is 1. The second-order valence-corrected chi connectivity index (χ2v) is 5.33. The molecule has 0 radical (unpaired) electrons. The smallest absolute Gasteiger partial charge is 0.322 e. The van der Waals surface area contributed by atoms with Crippen molar-refractivity contribution in [3.05, 3.63) is 71.1 Å². The number of para-hydroxylation sites is 1. The van der Waals surface area contributed by atoms with E-state index in [1.54, 1.807) is 18.2 Å². The zero-order valence-electron chi connectivity index (χ0n) is 12.6.